The van der Waals surface area contributed by atoms with Crippen LogP contribution in [0.3, 0.4) is 0 Å². The highest BCUT2D eigenvalue weighted by Gasteiger charge is 2.19. The molecule has 1 heterocycles. The Morgan fingerprint density at radius 2 is 2.00 bits per heavy atom. The number of hydrogen-bond donors (Lipinski definition) is 1. The molecule has 1 aliphatic heterocycles. The second kappa shape index (κ2) is 5.41. The number of likely N-dealkylation sites (tertiary alicyclic amines) is 1. The molecule has 2 N–H and O–H groups in total. The van der Waals surface area contributed by atoms with E-state index in [4.69, 9.17) is 5.73 Å². The summed E-state index contributed by atoms with van der Waals surface area (Å²) >= 11 is 0. The monoisotopic (exact) mass is 246 g/mol. The third kappa shape index (κ3) is 3.33. The summed E-state index contributed by atoms with van der Waals surface area (Å²) in [4.78, 5) is 2.44. The fourth-order valence-corrected chi connectivity index (χ4v) is 2.77. The first kappa shape index (κ1) is 13.6. The highest BCUT2D eigenvalue weighted by Crippen LogP contribution is 2.30. The number of benzene rings is 1. The second-order valence-corrected chi connectivity index (χ2v) is 6.28. The van der Waals surface area contributed by atoms with Crippen molar-refractivity contribution in [3.05, 3.63) is 35.4 Å². The van der Waals surface area contributed by atoms with E-state index in [0.717, 1.165) is 0 Å². The van der Waals surface area contributed by atoms with Gasteiger partial charge in [-0.2, -0.15) is 0 Å². The predicted molar refractivity (Wildman–Crippen MR) is 77.7 cm³/mol. The van der Waals surface area contributed by atoms with Crippen molar-refractivity contribution in [2.24, 2.45) is 5.73 Å². The third-order valence-corrected chi connectivity index (χ3v) is 4.05. The summed E-state index contributed by atoms with van der Waals surface area (Å²) in [5.41, 5.74) is 8.68. The lowest BCUT2D eigenvalue weighted by Gasteiger charge is -2.22. The molecule has 1 saturated heterocycles. The van der Waals surface area contributed by atoms with Gasteiger partial charge in [0.15, 0.2) is 0 Å². The van der Waals surface area contributed by atoms with E-state index < -0.39 is 0 Å². The SMILES string of the molecule is CN1CCCC(c2cccc(C(C)(C)N)c2)CC1. The topological polar surface area (TPSA) is 29.3 Å². The van der Waals surface area contributed by atoms with Crippen molar-refractivity contribution in [2.45, 2.75) is 44.6 Å². The van der Waals surface area contributed by atoms with Crippen LogP contribution >= 0.6 is 0 Å². The highest BCUT2D eigenvalue weighted by atomic mass is 15.1. The molecule has 1 unspecified atom stereocenters. The number of nitrogens with zero attached hydrogens (tertiary/aromatic N) is 1. The van der Waals surface area contributed by atoms with Crippen LogP contribution in [0.2, 0.25) is 0 Å². The van der Waals surface area contributed by atoms with Crippen molar-refractivity contribution < 1.29 is 0 Å². The van der Waals surface area contributed by atoms with Crippen LogP contribution in [-0.4, -0.2) is 25.0 Å². The smallest absolute Gasteiger partial charge is 0.0352 e. The van der Waals surface area contributed by atoms with Gasteiger partial charge in [0.25, 0.3) is 0 Å². The Morgan fingerprint density at radius 3 is 2.72 bits per heavy atom. The van der Waals surface area contributed by atoms with Gasteiger partial charge < -0.3 is 10.6 Å². The molecule has 0 radical (unpaired) electrons. The maximum Gasteiger partial charge on any atom is 0.0352 e. The summed E-state index contributed by atoms with van der Waals surface area (Å²) in [6, 6.07) is 8.89. The van der Waals surface area contributed by atoms with Crippen LogP contribution < -0.4 is 5.73 Å². The van der Waals surface area contributed by atoms with Crippen LogP contribution in [0, 0.1) is 0 Å². The van der Waals surface area contributed by atoms with Gasteiger partial charge in [-0.3, -0.25) is 0 Å². The number of hydrogen-bond acceptors (Lipinski definition) is 2. The van der Waals surface area contributed by atoms with E-state index in [2.05, 4.69) is 50.1 Å². The molecular weight excluding hydrogens is 220 g/mol. The zero-order valence-electron chi connectivity index (χ0n) is 11.9. The largest absolute Gasteiger partial charge is 0.322 e. The molecule has 0 spiro atoms. The van der Waals surface area contributed by atoms with Crippen LogP contribution in [0.5, 0.6) is 0 Å². The van der Waals surface area contributed by atoms with Crippen molar-refractivity contribution in [1.29, 1.82) is 0 Å². The van der Waals surface area contributed by atoms with Crippen LogP contribution in [0.1, 0.15) is 50.2 Å². The van der Waals surface area contributed by atoms with Crippen LogP contribution in [0.15, 0.2) is 24.3 Å². The van der Waals surface area contributed by atoms with E-state index in [1.165, 1.54) is 43.5 Å². The van der Waals surface area contributed by atoms with Gasteiger partial charge in [-0.1, -0.05) is 24.3 Å². The average Bonchev–Trinajstić information content (AvgIpc) is 2.53. The Morgan fingerprint density at radius 1 is 1.22 bits per heavy atom. The zero-order valence-corrected chi connectivity index (χ0v) is 11.9. The van der Waals surface area contributed by atoms with E-state index in [1.807, 2.05) is 0 Å². The lowest BCUT2D eigenvalue weighted by atomic mass is 9.87. The molecule has 1 atom stereocenters. The van der Waals surface area contributed by atoms with Gasteiger partial charge in [0.1, 0.15) is 0 Å². The molecule has 100 valence electrons. The summed E-state index contributed by atoms with van der Waals surface area (Å²) in [5, 5.41) is 0. The Kier molecular flexibility index (Phi) is 4.08. The minimum absolute atomic E-state index is 0.239. The van der Waals surface area contributed by atoms with Crippen molar-refractivity contribution in [1.82, 2.24) is 4.90 Å². The summed E-state index contributed by atoms with van der Waals surface area (Å²) in [6.07, 6.45) is 3.88. The molecule has 0 amide bonds. The Bertz CT molecular complexity index is 392. The van der Waals surface area contributed by atoms with Crippen molar-refractivity contribution in [3.63, 3.8) is 0 Å². The fraction of sp³-hybridized carbons (Fsp3) is 0.625. The first-order valence-corrected chi connectivity index (χ1v) is 7.04. The van der Waals surface area contributed by atoms with Crippen LogP contribution in [0.4, 0.5) is 0 Å². The Labute approximate surface area is 111 Å². The summed E-state index contributed by atoms with van der Waals surface area (Å²) < 4.78 is 0. The molecule has 2 nitrogen and oxygen atoms in total. The molecule has 18 heavy (non-hydrogen) atoms. The molecule has 0 bridgehead atoms. The molecule has 1 aliphatic rings. The quantitative estimate of drug-likeness (QED) is 0.869. The van der Waals surface area contributed by atoms with E-state index in [-0.39, 0.29) is 5.54 Å². The van der Waals surface area contributed by atoms with Gasteiger partial charge in [0, 0.05) is 5.54 Å². The molecule has 2 rings (SSSR count). The van der Waals surface area contributed by atoms with Crippen LogP contribution in [0.25, 0.3) is 0 Å². The van der Waals surface area contributed by atoms with Crippen molar-refractivity contribution >= 4 is 0 Å². The number of rotatable bonds is 2. The van der Waals surface area contributed by atoms with Crippen molar-refractivity contribution in [2.75, 3.05) is 20.1 Å². The van der Waals surface area contributed by atoms with Crippen LogP contribution in [-0.2, 0) is 5.54 Å². The second-order valence-electron chi connectivity index (χ2n) is 6.28. The molecule has 1 fully saturated rings. The lowest BCUT2D eigenvalue weighted by Crippen LogP contribution is -2.28. The van der Waals surface area contributed by atoms with Gasteiger partial charge in [0.05, 0.1) is 0 Å². The maximum absolute atomic E-state index is 6.20. The van der Waals surface area contributed by atoms with Crippen molar-refractivity contribution in [3.8, 4) is 0 Å². The van der Waals surface area contributed by atoms with Gasteiger partial charge in [0.2, 0.25) is 0 Å². The molecule has 0 aromatic heterocycles. The van der Waals surface area contributed by atoms with Gasteiger partial charge in [-0.25, -0.2) is 0 Å². The van der Waals surface area contributed by atoms with Gasteiger partial charge >= 0.3 is 0 Å². The summed E-state index contributed by atoms with van der Waals surface area (Å²) in [6.45, 7) is 6.60. The van der Waals surface area contributed by atoms with E-state index >= 15 is 0 Å². The van der Waals surface area contributed by atoms with Gasteiger partial charge in [-0.05, 0) is 70.3 Å². The predicted octanol–water partition coefficient (Wildman–Crippen LogP) is 3.08. The number of nitrogens with two attached hydrogens (primary N) is 1. The molecule has 0 saturated carbocycles. The minimum atomic E-state index is -0.239. The molecule has 1 aromatic rings. The Hall–Kier alpha value is -0.860. The van der Waals surface area contributed by atoms with E-state index in [1.54, 1.807) is 0 Å². The fourth-order valence-electron chi connectivity index (χ4n) is 2.77. The Balaban J connectivity index is 2.17. The third-order valence-electron chi connectivity index (χ3n) is 4.05. The zero-order chi connectivity index (χ0) is 13.2. The summed E-state index contributed by atoms with van der Waals surface area (Å²) in [7, 11) is 2.22. The average molecular weight is 246 g/mol. The van der Waals surface area contributed by atoms with E-state index in [0.29, 0.717) is 5.92 Å². The molecule has 0 aliphatic carbocycles. The summed E-state index contributed by atoms with van der Waals surface area (Å²) in [5.74, 6) is 0.706. The van der Waals surface area contributed by atoms with Gasteiger partial charge in [-0.15, -0.1) is 0 Å². The van der Waals surface area contributed by atoms with E-state index in [9.17, 15) is 0 Å². The first-order chi connectivity index (χ1) is 8.47. The molecule has 1 aromatic carbocycles. The highest BCUT2D eigenvalue weighted by molar-refractivity contribution is 5.30. The minimum Gasteiger partial charge on any atom is -0.322 e. The molecule has 2 heteroatoms. The maximum atomic E-state index is 6.20. The molecular formula is C16H26N2. The lowest BCUT2D eigenvalue weighted by molar-refractivity contribution is 0.347. The standard InChI is InChI=1S/C16H26N2/c1-16(2,17)15-8-4-6-14(12-15)13-7-5-10-18(3)11-9-13/h4,6,8,12-13H,5,7,9-11,17H2,1-3H3. The normalized spacial score (nSPS) is 22.8. The first-order valence-electron chi connectivity index (χ1n) is 7.04.